The molecule has 0 bridgehead atoms. The number of hydrogen-bond acceptors (Lipinski definition) is 8. The number of aromatic hydroxyl groups is 1. The summed E-state index contributed by atoms with van der Waals surface area (Å²) in [5.41, 5.74) is 2.03. The average Bonchev–Trinajstić information content (AvgIpc) is 2.85. The molecular formula is C26H35N5O3. The number of methoxy groups -OCH3 is 2. The molecule has 1 aliphatic rings. The molecule has 182 valence electrons. The quantitative estimate of drug-likeness (QED) is 0.437. The van der Waals surface area contributed by atoms with E-state index < -0.39 is 0 Å². The zero-order valence-electron chi connectivity index (χ0n) is 20.5. The van der Waals surface area contributed by atoms with Gasteiger partial charge in [-0.15, -0.1) is 0 Å². The van der Waals surface area contributed by atoms with Gasteiger partial charge in [0.15, 0.2) is 11.5 Å². The molecule has 0 atom stereocenters. The van der Waals surface area contributed by atoms with Gasteiger partial charge < -0.3 is 30.1 Å². The van der Waals surface area contributed by atoms with Crippen molar-refractivity contribution in [2.45, 2.75) is 44.2 Å². The van der Waals surface area contributed by atoms with Crippen molar-refractivity contribution in [2.24, 2.45) is 0 Å². The fourth-order valence-electron chi connectivity index (χ4n) is 4.60. The van der Waals surface area contributed by atoms with Gasteiger partial charge in [0.05, 0.1) is 19.7 Å². The molecule has 0 amide bonds. The summed E-state index contributed by atoms with van der Waals surface area (Å²) < 4.78 is 10.5. The molecule has 1 fully saturated rings. The lowest BCUT2D eigenvalue weighted by molar-refractivity contribution is 0.338. The van der Waals surface area contributed by atoms with E-state index in [9.17, 15) is 5.11 Å². The van der Waals surface area contributed by atoms with E-state index in [1.165, 1.54) is 0 Å². The third-order valence-corrected chi connectivity index (χ3v) is 6.45. The maximum Gasteiger partial charge on any atom is 0.225 e. The number of hydrogen-bond donors (Lipinski definition) is 3. The highest BCUT2D eigenvalue weighted by atomic mass is 16.5. The molecule has 8 nitrogen and oxygen atoms in total. The van der Waals surface area contributed by atoms with Gasteiger partial charge in [0, 0.05) is 31.6 Å². The lowest BCUT2D eigenvalue weighted by atomic mass is 9.91. The van der Waals surface area contributed by atoms with Crippen molar-refractivity contribution in [3.05, 3.63) is 42.0 Å². The van der Waals surface area contributed by atoms with E-state index in [4.69, 9.17) is 19.4 Å². The van der Waals surface area contributed by atoms with Crippen LogP contribution in [0.3, 0.4) is 0 Å². The number of phenols is 1. The number of nitrogens with zero attached hydrogens (tertiary/aromatic N) is 3. The first-order chi connectivity index (χ1) is 16.5. The molecule has 0 unspecified atom stereocenters. The van der Waals surface area contributed by atoms with Gasteiger partial charge in [-0.05, 0) is 68.5 Å². The highest BCUT2D eigenvalue weighted by Gasteiger charge is 2.22. The first-order valence-electron chi connectivity index (χ1n) is 11.9. The number of nitrogens with one attached hydrogen (secondary N) is 2. The number of phenolic OH excluding ortho intramolecular Hbond substituents is 1. The standard InChI is InChI=1S/C26H35N5O3/c1-31(2)25-20-7-5-6-8-21(20)29-26(30-25)28-19-11-9-18(10-12-19)27-14-13-17-15-22(33-3)24(32)23(16-17)34-4/h5-8,15-16,18-19,27,32H,9-14H2,1-4H3,(H,28,29,30). The Morgan fingerprint density at radius 2 is 1.62 bits per heavy atom. The molecule has 3 aromatic rings. The van der Waals surface area contributed by atoms with E-state index in [1.807, 2.05) is 49.3 Å². The van der Waals surface area contributed by atoms with E-state index >= 15 is 0 Å². The van der Waals surface area contributed by atoms with E-state index in [-0.39, 0.29) is 5.75 Å². The minimum atomic E-state index is 0.0422. The number of para-hydroxylation sites is 1. The maximum atomic E-state index is 10.1. The van der Waals surface area contributed by atoms with Crippen LogP contribution >= 0.6 is 0 Å². The third kappa shape index (κ3) is 5.44. The SMILES string of the molecule is COc1cc(CCNC2CCC(Nc3nc(N(C)C)c4ccccc4n3)CC2)cc(OC)c1O. The Morgan fingerprint density at radius 1 is 0.971 bits per heavy atom. The van der Waals surface area contributed by atoms with Gasteiger partial charge in [-0.25, -0.2) is 4.98 Å². The Morgan fingerprint density at radius 3 is 2.26 bits per heavy atom. The third-order valence-electron chi connectivity index (χ3n) is 6.45. The summed E-state index contributed by atoms with van der Waals surface area (Å²) in [7, 11) is 7.13. The molecule has 1 heterocycles. The molecule has 1 aliphatic carbocycles. The summed E-state index contributed by atoms with van der Waals surface area (Å²) in [6, 6.07) is 12.7. The van der Waals surface area contributed by atoms with Crippen LogP contribution in [0.25, 0.3) is 10.9 Å². The summed E-state index contributed by atoms with van der Waals surface area (Å²) in [6.45, 7) is 0.861. The van der Waals surface area contributed by atoms with Crippen molar-refractivity contribution < 1.29 is 14.6 Å². The number of ether oxygens (including phenoxy) is 2. The summed E-state index contributed by atoms with van der Waals surface area (Å²) in [4.78, 5) is 11.6. The van der Waals surface area contributed by atoms with Crippen LogP contribution in [0.15, 0.2) is 36.4 Å². The molecule has 34 heavy (non-hydrogen) atoms. The summed E-state index contributed by atoms with van der Waals surface area (Å²) in [6.07, 6.45) is 5.20. The number of aromatic nitrogens is 2. The zero-order chi connectivity index (χ0) is 24.1. The Hall–Kier alpha value is -3.26. The predicted molar refractivity (Wildman–Crippen MR) is 136 cm³/mol. The summed E-state index contributed by atoms with van der Waals surface area (Å²) in [5.74, 6) is 2.56. The minimum absolute atomic E-state index is 0.0422. The lowest BCUT2D eigenvalue weighted by Crippen LogP contribution is -2.38. The monoisotopic (exact) mass is 465 g/mol. The van der Waals surface area contributed by atoms with Gasteiger partial charge in [0.2, 0.25) is 11.7 Å². The van der Waals surface area contributed by atoms with Crippen LogP contribution in [-0.2, 0) is 6.42 Å². The van der Waals surface area contributed by atoms with Gasteiger partial charge >= 0.3 is 0 Å². The molecule has 1 aromatic heterocycles. The average molecular weight is 466 g/mol. The molecule has 0 spiro atoms. The van der Waals surface area contributed by atoms with Crippen LogP contribution in [0.4, 0.5) is 11.8 Å². The molecule has 8 heteroatoms. The lowest BCUT2D eigenvalue weighted by Gasteiger charge is -2.30. The first-order valence-corrected chi connectivity index (χ1v) is 11.9. The van der Waals surface area contributed by atoms with Gasteiger partial charge in [-0.2, -0.15) is 4.98 Å². The second kappa shape index (κ2) is 10.8. The zero-order valence-corrected chi connectivity index (χ0v) is 20.5. The number of benzene rings is 2. The topological polar surface area (TPSA) is 91.8 Å². The van der Waals surface area contributed by atoms with Crippen LogP contribution in [0.5, 0.6) is 17.2 Å². The van der Waals surface area contributed by atoms with Crippen molar-refractivity contribution >= 4 is 22.7 Å². The Labute approximate surface area is 201 Å². The molecule has 0 aliphatic heterocycles. The molecule has 4 rings (SSSR count). The van der Waals surface area contributed by atoms with Crippen molar-refractivity contribution in [3.63, 3.8) is 0 Å². The minimum Gasteiger partial charge on any atom is -0.502 e. The molecular weight excluding hydrogens is 430 g/mol. The van der Waals surface area contributed by atoms with Gasteiger partial charge in [0.25, 0.3) is 0 Å². The van der Waals surface area contributed by atoms with Gasteiger partial charge in [-0.3, -0.25) is 0 Å². The second-order valence-electron chi connectivity index (χ2n) is 9.03. The smallest absolute Gasteiger partial charge is 0.225 e. The Bertz CT molecular complexity index is 1090. The van der Waals surface area contributed by atoms with E-state index in [1.54, 1.807) is 14.2 Å². The largest absolute Gasteiger partial charge is 0.502 e. The van der Waals surface area contributed by atoms with Crippen molar-refractivity contribution in [2.75, 3.05) is 45.1 Å². The Kier molecular flexibility index (Phi) is 7.57. The molecule has 2 aromatic carbocycles. The number of fused-ring (bicyclic) bond motifs is 1. The van der Waals surface area contributed by atoms with Crippen LogP contribution in [0.1, 0.15) is 31.2 Å². The van der Waals surface area contributed by atoms with Crippen LogP contribution in [0, 0.1) is 0 Å². The number of anilines is 2. The second-order valence-corrected chi connectivity index (χ2v) is 9.03. The van der Waals surface area contributed by atoms with Crippen LogP contribution < -0.4 is 25.0 Å². The van der Waals surface area contributed by atoms with Crippen molar-refractivity contribution in [3.8, 4) is 17.2 Å². The highest BCUT2D eigenvalue weighted by molar-refractivity contribution is 5.90. The van der Waals surface area contributed by atoms with Crippen molar-refractivity contribution in [1.82, 2.24) is 15.3 Å². The van der Waals surface area contributed by atoms with Crippen molar-refractivity contribution in [1.29, 1.82) is 0 Å². The summed E-state index contributed by atoms with van der Waals surface area (Å²) in [5, 5.41) is 18.4. The summed E-state index contributed by atoms with van der Waals surface area (Å²) >= 11 is 0. The molecule has 0 radical (unpaired) electrons. The molecule has 1 saturated carbocycles. The first kappa shape index (κ1) is 23.9. The maximum absolute atomic E-state index is 10.1. The fraction of sp³-hybridized carbons (Fsp3) is 0.462. The molecule has 0 saturated heterocycles. The van der Waals surface area contributed by atoms with E-state index in [2.05, 4.69) is 16.7 Å². The van der Waals surface area contributed by atoms with E-state index in [0.717, 1.165) is 60.9 Å². The highest BCUT2D eigenvalue weighted by Crippen LogP contribution is 2.37. The Balaban J connectivity index is 1.29. The van der Waals surface area contributed by atoms with Gasteiger partial charge in [0.1, 0.15) is 5.82 Å². The van der Waals surface area contributed by atoms with E-state index in [0.29, 0.717) is 29.5 Å². The normalized spacial score (nSPS) is 18.0. The number of rotatable bonds is 9. The van der Waals surface area contributed by atoms with Crippen LogP contribution in [0.2, 0.25) is 0 Å². The van der Waals surface area contributed by atoms with Crippen LogP contribution in [-0.4, -0.2) is 62.0 Å². The fourth-order valence-corrected chi connectivity index (χ4v) is 4.60. The predicted octanol–water partition coefficient (Wildman–Crippen LogP) is 3.97. The molecule has 3 N–H and O–H groups in total. The van der Waals surface area contributed by atoms with Gasteiger partial charge in [-0.1, -0.05) is 12.1 Å².